The Balaban J connectivity index is 1.31. The Hall–Kier alpha value is -3.68. The molecule has 3 aromatic rings. The molecule has 0 bridgehead atoms. The lowest BCUT2D eigenvalue weighted by Gasteiger charge is -2.35. The minimum atomic E-state index is -0.0668. The Kier molecular flexibility index (Phi) is 5.97. The SMILES string of the molecule is Cc1ccc(NC(=O)N2CCN(c3ccc(Nc4cccc(C)n4)nn3)CC2)c(C)c1. The van der Waals surface area contributed by atoms with Crippen molar-refractivity contribution in [1.82, 2.24) is 20.1 Å². The standard InChI is InChI=1S/C23H27N7O/c1-16-7-8-19(17(2)15-16)25-23(31)30-13-11-29(12-14-30)22-10-9-21(27-28-22)26-20-6-4-5-18(3)24-20/h4-10,15H,11-14H2,1-3H3,(H,25,31)(H,24,26,27). The largest absolute Gasteiger partial charge is 0.352 e. The van der Waals surface area contributed by atoms with Gasteiger partial charge < -0.3 is 20.4 Å². The van der Waals surface area contributed by atoms with Gasteiger partial charge >= 0.3 is 6.03 Å². The first-order valence-corrected chi connectivity index (χ1v) is 10.4. The third-order valence-corrected chi connectivity index (χ3v) is 5.31. The Morgan fingerprint density at radius 3 is 2.39 bits per heavy atom. The van der Waals surface area contributed by atoms with Gasteiger partial charge in [-0.1, -0.05) is 23.8 Å². The van der Waals surface area contributed by atoms with Crippen LogP contribution in [0.15, 0.2) is 48.5 Å². The molecule has 0 spiro atoms. The Labute approximate surface area is 182 Å². The lowest BCUT2D eigenvalue weighted by atomic mass is 10.1. The first-order chi connectivity index (χ1) is 15.0. The predicted molar refractivity (Wildman–Crippen MR) is 123 cm³/mol. The number of pyridine rings is 1. The highest BCUT2D eigenvalue weighted by atomic mass is 16.2. The fourth-order valence-corrected chi connectivity index (χ4v) is 3.59. The zero-order chi connectivity index (χ0) is 21.8. The second-order valence-electron chi connectivity index (χ2n) is 7.79. The number of anilines is 4. The second-order valence-corrected chi connectivity index (χ2v) is 7.79. The van der Waals surface area contributed by atoms with Crippen LogP contribution in [0.2, 0.25) is 0 Å². The van der Waals surface area contributed by atoms with Crippen LogP contribution < -0.4 is 15.5 Å². The van der Waals surface area contributed by atoms with E-state index in [1.165, 1.54) is 5.56 Å². The molecule has 1 aliphatic heterocycles. The van der Waals surface area contributed by atoms with E-state index in [9.17, 15) is 4.79 Å². The number of carbonyl (C=O) groups excluding carboxylic acids is 1. The summed E-state index contributed by atoms with van der Waals surface area (Å²) in [7, 11) is 0. The van der Waals surface area contributed by atoms with Gasteiger partial charge in [-0.15, -0.1) is 10.2 Å². The summed E-state index contributed by atoms with van der Waals surface area (Å²) in [6.45, 7) is 8.68. The highest BCUT2D eigenvalue weighted by Gasteiger charge is 2.22. The van der Waals surface area contributed by atoms with Crippen molar-refractivity contribution in [2.24, 2.45) is 0 Å². The minimum Gasteiger partial charge on any atom is -0.352 e. The summed E-state index contributed by atoms with van der Waals surface area (Å²) in [6, 6.07) is 15.6. The molecular weight excluding hydrogens is 390 g/mol. The van der Waals surface area contributed by atoms with Crippen LogP contribution >= 0.6 is 0 Å². The number of amides is 2. The van der Waals surface area contributed by atoms with Crippen LogP contribution in [-0.4, -0.2) is 52.3 Å². The fourth-order valence-electron chi connectivity index (χ4n) is 3.59. The molecule has 0 aliphatic carbocycles. The number of hydrogen-bond acceptors (Lipinski definition) is 6. The molecule has 8 heteroatoms. The van der Waals surface area contributed by atoms with E-state index in [0.29, 0.717) is 32.0 Å². The van der Waals surface area contributed by atoms with E-state index in [-0.39, 0.29) is 6.03 Å². The van der Waals surface area contributed by atoms with E-state index in [4.69, 9.17) is 0 Å². The number of carbonyl (C=O) groups is 1. The van der Waals surface area contributed by atoms with E-state index in [1.807, 2.05) is 68.1 Å². The van der Waals surface area contributed by atoms with Gasteiger partial charge in [0.25, 0.3) is 0 Å². The Bertz CT molecular complexity index is 1060. The normalized spacial score (nSPS) is 13.8. The molecule has 31 heavy (non-hydrogen) atoms. The number of nitrogens with zero attached hydrogens (tertiary/aromatic N) is 5. The first kappa shape index (κ1) is 20.6. The molecule has 0 saturated carbocycles. The van der Waals surface area contributed by atoms with Crippen LogP contribution in [0.3, 0.4) is 0 Å². The van der Waals surface area contributed by atoms with Gasteiger partial charge in [0.2, 0.25) is 0 Å². The zero-order valence-electron chi connectivity index (χ0n) is 18.1. The maximum atomic E-state index is 12.6. The molecule has 8 nitrogen and oxygen atoms in total. The summed E-state index contributed by atoms with van der Waals surface area (Å²) >= 11 is 0. The second kappa shape index (κ2) is 8.99. The minimum absolute atomic E-state index is 0.0668. The van der Waals surface area contributed by atoms with Crippen molar-refractivity contribution >= 4 is 29.2 Å². The number of hydrogen-bond donors (Lipinski definition) is 2. The maximum Gasteiger partial charge on any atom is 0.321 e. The molecule has 2 aromatic heterocycles. The van der Waals surface area contributed by atoms with Crippen LogP contribution in [-0.2, 0) is 0 Å². The van der Waals surface area contributed by atoms with Gasteiger partial charge in [-0.05, 0) is 56.7 Å². The smallest absolute Gasteiger partial charge is 0.321 e. The van der Waals surface area contributed by atoms with Gasteiger partial charge in [-0.3, -0.25) is 0 Å². The Morgan fingerprint density at radius 1 is 0.903 bits per heavy atom. The van der Waals surface area contributed by atoms with Crippen molar-refractivity contribution in [3.63, 3.8) is 0 Å². The van der Waals surface area contributed by atoms with Gasteiger partial charge in [0.1, 0.15) is 5.82 Å². The van der Waals surface area contributed by atoms with E-state index in [2.05, 4.69) is 36.8 Å². The van der Waals surface area contributed by atoms with E-state index < -0.39 is 0 Å². The molecule has 160 valence electrons. The van der Waals surface area contributed by atoms with E-state index in [0.717, 1.165) is 28.6 Å². The van der Waals surface area contributed by atoms with Crippen molar-refractivity contribution in [1.29, 1.82) is 0 Å². The van der Waals surface area contributed by atoms with Gasteiger partial charge in [-0.2, -0.15) is 0 Å². The van der Waals surface area contributed by atoms with Gasteiger partial charge in [0.05, 0.1) is 0 Å². The monoisotopic (exact) mass is 417 g/mol. The molecule has 2 amide bonds. The van der Waals surface area contributed by atoms with E-state index in [1.54, 1.807) is 0 Å². The van der Waals surface area contributed by atoms with Gasteiger partial charge in [0.15, 0.2) is 11.6 Å². The van der Waals surface area contributed by atoms with E-state index >= 15 is 0 Å². The predicted octanol–water partition coefficient (Wildman–Crippen LogP) is 3.89. The molecule has 1 aliphatic rings. The molecule has 4 rings (SSSR count). The molecule has 0 atom stereocenters. The Morgan fingerprint density at radius 2 is 1.71 bits per heavy atom. The van der Waals surface area contributed by atoms with Crippen molar-refractivity contribution < 1.29 is 4.79 Å². The number of nitrogens with one attached hydrogen (secondary N) is 2. The summed E-state index contributed by atoms with van der Waals surface area (Å²) in [5, 5.41) is 14.8. The van der Waals surface area contributed by atoms with Crippen molar-refractivity contribution in [2.45, 2.75) is 20.8 Å². The third-order valence-electron chi connectivity index (χ3n) is 5.31. The lowest BCUT2D eigenvalue weighted by Crippen LogP contribution is -2.50. The summed E-state index contributed by atoms with van der Waals surface area (Å²) in [4.78, 5) is 21.0. The molecule has 3 heterocycles. The van der Waals surface area contributed by atoms with Crippen LogP contribution in [0, 0.1) is 20.8 Å². The average Bonchev–Trinajstić information content (AvgIpc) is 2.76. The number of piperazine rings is 1. The van der Waals surface area contributed by atoms with Crippen molar-refractivity contribution in [3.8, 4) is 0 Å². The number of urea groups is 1. The fraction of sp³-hybridized carbons (Fsp3) is 0.304. The average molecular weight is 418 g/mol. The molecular formula is C23H27N7O. The van der Waals surface area contributed by atoms with Crippen LogP contribution in [0.25, 0.3) is 0 Å². The van der Waals surface area contributed by atoms with Crippen LogP contribution in [0.1, 0.15) is 16.8 Å². The highest BCUT2D eigenvalue weighted by molar-refractivity contribution is 5.90. The van der Waals surface area contributed by atoms with Crippen LogP contribution in [0.4, 0.5) is 27.9 Å². The molecule has 1 fully saturated rings. The molecule has 0 radical (unpaired) electrons. The topological polar surface area (TPSA) is 86.3 Å². The summed E-state index contributed by atoms with van der Waals surface area (Å²) in [5.74, 6) is 2.19. The molecule has 0 unspecified atom stereocenters. The maximum absolute atomic E-state index is 12.6. The lowest BCUT2D eigenvalue weighted by molar-refractivity contribution is 0.208. The van der Waals surface area contributed by atoms with Crippen molar-refractivity contribution in [3.05, 3.63) is 65.4 Å². The van der Waals surface area contributed by atoms with Crippen molar-refractivity contribution in [2.75, 3.05) is 41.7 Å². The molecule has 1 aromatic carbocycles. The summed E-state index contributed by atoms with van der Waals surface area (Å²) in [5.41, 5.74) is 4.04. The zero-order valence-corrected chi connectivity index (χ0v) is 18.1. The molecule has 2 N–H and O–H groups in total. The summed E-state index contributed by atoms with van der Waals surface area (Å²) in [6.07, 6.45) is 0. The van der Waals surface area contributed by atoms with Gasteiger partial charge in [0, 0.05) is 37.6 Å². The third kappa shape index (κ3) is 5.09. The van der Waals surface area contributed by atoms with Gasteiger partial charge in [-0.25, -0.2) is 9.78 Å². The molecule has 1 saturated heterocycles. The first-order valence-electron chi connectivity index (χ1n) is 10.4. The number of aromatic nitrogens is 3. The quantitative estimate of drug-likeness (QED) is 0.670. The van der Waals surface area contributed by atoms with Crippen LogP contribution in [0.5, 0.6) is 0 Å². The summed E-state index contributed by atoms with van der Waals surface area (Å²) < 4.78 is 0. The number of aryl methyl sites for hydroxylation is 3. The number of rotatable bonds is 4. The highest BCUT2D eigenvalue weighted by Crippen LogP contribution is 2.19. The number of benzene rings is 1.